The van der Waals surface area contributed by atoms with E-state index in [2.05, 4.69) is 10.3 Å². The summed E-state index contributed by atoms with van der Waals surface area (Å²) in [4.78, 5) is 4.37. The Labute approximate surface area is 129 Å². The summed E-state index contributed by atoms with van der Waals surface area (Å²) in [6.45, 7) is 2.38. The quantitative estimate of drug-likeness (QED) is 0.904. The number of aryl methyl sites for hydroxylation is 1. The van der Waals surface area contributed by atoms with E-state index in [0.717, 1.165) is 22.6 Å². The van der Waals surface area contributed by atoms with Crippen molar-refractivity contribution >= 4 is 35.5 Å². The smallest absolute Gasteiger partial charge is 0.214 e. The van der Waals surface area contributed by atoms with Gasteiger partial charge in [0, 0.05) is 23.3 Å². The molecule has 0 aliphatic carbocycles. The van der Waals surface area contributed by atoms with Crippen LogP contribution in [0, 0.1) is 6.92 Å². The molecular formula is C14H17Cl2N3O. The Bertz CT molecular complexity index is 591. The first-order chi connectivity index (χ1) is 9.13. The van der Waals surface area contributed by atoms with Gasteiger partial charge in [-0.15, -0.1) is 12.4 Å². The minimum absolute atomic E-state index is 0. The van der Waals surface area contributed by atoms with Crippen LogP contribution in [0.5, 0.6) is 5.88 Å². The third kappa shape index (κ3) is 3.76. The fraction of sp³-hybridized carbons (Fsp3) is 0.214. The number of benzene rings is 1. The lowest BCUT2D eigenvalue weighted by Gasteiger charge is -2.11. The van der Waals surface area contributed by atoms with Crippen LogP contribution >= 0.6 is 24.0 Å². The Balaban J connectivity index is 0.00000200. The fourth-order valence-electron chi connectivity index (χ4n) is 1.70. The van der Waals surface area contributed by atoms with Gasteiger partial charge in [0.25, 0.3) is 0 Å². The first-order valence-electron chi connectivity index (χ1n) is 5.91. The lowest BCUT2D eigenvalue weighted by molar-refractivity contribution is 0.398. The van der Waals surface area contributed by atoms with Crippen molar-refractivity contribution in [3.8, 4) is 5.88 Å². The predicted octanol–water partition coefficient (Wildman–Crippen LogP) is 3.68. The molecule has 0 amide bonds. The van der Waals surface area contributed by atoms with E-state index >= 15 is 0 Å². The molecule has 0 aliphatic rings. The summed E-state index contributed by atoms with van der Waals surface area (Å²) < 4.78 is 5.12. The molecule has 0 saturated heterocycles. The molecule has 0 atom stereocenters. The van der Waals surface area contributed by atoms with Gasteiger partial charge in [0.05, 0.1) is 7.11 Å². The van der Waals surface area contributed by atoms with Crippen LogP contribution in [0.1, 0.15) is 11.1 Å². The van der Waals surface area contributed by atoms with Crippen LogP contribution in [0.25, 0.3) is 0 Å². The number of rotatable bonds is 4. The molecule has 20 heavy (non-hydrogen) atoms. The maximum Gasteiger partial charge on any atom is 0.214 e. The van der Waals surface area contributed by atoms with Crippen LogP contribution in [0.3, 0.4) is 0 Å². The van der Waals surface area contributed by atoms with Crippen LogP contribution in [0.4, 0.5) is 11.5 Å². The number of nitrogens with zero attached hydrogens (tertiary/aromatic N) is 1. The van der Waals surface area contributed by atoms with E-state index in [0.29, 0.717) is 17.4 Å². The summed E-state index contributed by atoms with van der Waals surface area (Å²) in [5.74, 6) is 1.32. The number of pyridine rings is 1. The SMILES string of the molecule is COc1ccc(C)c(Nc2ccc(Cl)c(CN)c2)n1.Cl. The topological polar surface area (TPSA) is 60.2 Å². The number of hydrogen-bond acceptors (Lipinski definition) is 4. The van der Waals surface area contributed by atoms with Gasteiger partial charge in [-0.1, -0.05) is 17.7 Å². The number of hydrogen-bond donors (Lipinski definition) is 2. The minimum Gasteiger partial charge on any atom is -0.481 e. The predicted molar refractivity (Wildman–Crippen MR) is 85.4 cm³/mol. The van der Waals surface area contributed by atoms with Gasteiger partial charge in [-0.25, -0.2) is 0 Å². The number of nitrogens with one attached hydrogen (secondary N) is 1. The van der Waals surface area contributed by atoms with Crippen molar-refractivity contribution in [3.05, 3.63) is 46.5 Å². The summed E-state index contributed by atoms with van der Waals surface area (Å²) in [6, 6.07) is 9.41. The van der Waals surface area contributed by atoms with Gasteiger partial charge >= 0.3 is 0 Å². The van der Waals surface area contributed by atoms with E-state index in [9.17, 15) is 0 Å². The lowest BCUT2D eigenvalue weighted by Crippen LogP contribution is -2.01. The van der Waals surface area contributed by atoms with Crippen LogP contribution in [0.2, 0.25) is 5.02 Å². The molecule has 2 rings (SSSR count). The summed E-state index contributed by atoms with van der Waals surface area (Å²) >= 11 is 6.03. The average Bonchev–Trinajstić information content (AvgIpc) is 2.43. The minimum atomic E-state index is 0. The Hall–Kier alpha value is -1.49. The highest BCUT2D eigenvalue weighted by Crippen LogP contribution is 2.25. The molecule has 2 aromatic rings. The molecule has 1 aromatic carbocycles. The van der Waals surface area contributed by atoms with Gasteiger partial charge in [-0.3, -0.25) is 0 Å². The van der Waals surface area contributed by atoms with Gasteiger partial charge < -0.3 is 15.8 Å². The molecule has 6 heteroatoms. The van der Waals surface area contributed by atoms with E-state index < -0.39 is 0 Å². The molecular weight excluding hydrogens is 297 g/mol. The van der Waals surface area contributed by atoms with E-state index in [1.54, 1.807) is 7.11 Å². The van der Waals surface area contributed by atoms with E-state index in [-0.39, 0.29) is 12.4 Å². The van der Waals surface area contributed by atoms with Crippen LogP contribution in [-0.2, 0) is 6.54 Å². The highest BCUT2D eigenvalue weighted by Gasteiger charge is 2.05. The van der Waals surface area contributed by atoms with Crippen molar-refractivity contribution in [2.24, 2.45) is 5.73 Å². The van der Waals surface area contributed by atoms with Gasteiger partial charge in [-0.2, -0.15) is 4.98 Å². The maximum absolute atomic E-state index is 6.03. The third-order valence-electron chi connectivity index (χ3n) is 2.81. The van der Waals surface area contributed by atoms with E-state index in [4.69, 9.17) is 22.1 Å². The van der Waals surface area contributed by atoms with Crippen molar-refractivity contribution in [3.63, 3.8) is 0 Å². The molecule has 0 bridgehead atoms. The highest BCUT2D eigenvalue weighted by molar-refractivity contribution is 6.31. The summed E-state index contributed by atoms with van der Waals surface area (Å²) in [5.41, 5.74) is 8.47. The Morgan fingerprint density at radius 3 is 2.70 bits per heavy atom. The Kier molecular flexibility index (Phi) is 6.07. The monoisotopic (exact) mass is 313 g/mol. The largest absolute Gasteiger partial charge is 0.481 e. The van der Waals surface area contributed by atoms with E-state index in [1.807, 2.05) is 37.3 Å². The standard InChI is InChI=1S/C14H16ClN3O.ClH/c1-9-3-6-13(19-2)18-14(9)17-11-4-5-12(15)10(7-11)8-16;/h3-7H,8,16H2,1-2H3,(H,17,18);1H. The lowest BCUT2D eigenvalue weighted by atomic mass is 10.2. The fourth-order valence-corrected chi connectivity index (χ4v) is 1.89. The van der Waals surface area contributed by atoms with Gasteiger partial charge in [0.1, 0.15) is 5.82 Å². The summed E-state index contributed by atoms with van der Waals surface area (Å²) in [7, 11) is 1.59. The molecule has 4 nitrogen and oxygen atoms in total. The summed E-state index contributed by atoms with van der Waals surface area (Å²) in [6.07, 6.45) is 0. The molecule has 1 heterocycles. The number of halogens is 2. The van der Waals surface area contributed by atoms with Crippen molar-refractivity contribution in [1.29, 1.82) is 0 Å². The highest BCUT2D eigenvalue weighted by atomic mass is 35.5. The number of nitrogens with two attached hydrogens (primary N) is 1. The normalized spacial score (nSPS) is 9.80. The number of aromatic nitrogens is 1. The van der Waals surface area contributed by atoms with Crippen LogP contribution in [-0.4, -0.2) is 12.1 Å². The number of methoxy groups -OCH3 is 1. The molecule has 0 spiro atoms. The molecule has 1 aromatic heterocycles. The maximum atomic E-state index is 6.03. The van der Waals surface area contributed by atoms with Crippen LogP contribution < -0.4 is 15.8 Å². The van der Waals surface area contributed by atoms with Crippen LogP contribution in [0.15, 0.2) is 30.3 Å². The van der Waals surface area contributed by atoms with Crippen molar-refractivity contribution in [2.45, 2.75) is 13.5 Å². The van der Waals surface area contributed by atoms with Gasteiger partial charge in [0.15, 0.2) is 0 Å². The zero-order valence-corrected chi connectivity index (χ0v) is 12.9. The Morgan fingerprint density at radius 2 is 2.05 bits per heavy atom. The number of ether oxygens (including phenoxy) is 1. The van der Waals surface area contributed by atoms with Crippen molar-refractivity contribution < 1.29 is 4.74 Å². The van der Waals surface area contributed by atoms with Gasteiger partial charge in [-0.05, 0) is 36.2 Å². The molecule has 0 saturated carbocycles. The zero-order valence-electron chi connectivity index (χ0n) is 11.3. The molecule has 108 valence electrons. The molecule has 0 radical (unpaired) electrons. The second-order valence-corrected chi connectivity index (χ2v) is 4.56. The van der Waals surface area contributed by atoms with Crippen molar-refractivity contribution in [1.82, 2.24) is 4.98 Å². The first kappa shape index (κ1) is 16.6. The van der Waals surface area contributed by atoms with Gasteiger partial charge in [0.2, 0.25) is 5.88 Å². The average molecular weight is 314 g/mol. The number of anilines is 2. The second kappa shape index (κ2) is 7.33. The van der Waals surface area contributed by atoms with E-state index in [1.165, 1.54) is 0 Å². The zero-order chi connectivity index (χ0) is 13.8. The third-order valence-corrected chi connectivity index (χ3v) is 3.18. The molecule has 0 aliphatic heterocycles. The molecule has 0 unspecified atom stereocenters. The summed E-state index contributed by atoms with van der Waals surface area (Å²) in [5, 5.41) is 3.91. The Morgan fingerprint density at radius 1 is 1.30 bits per heavy atom. The molecule has 0 fully saturated rings. The first-order valence-corrected chi connectivity index (χ1v) is 6.29. The van der Waals surface area contributed by atoms with Crippen molar-refractivity contribution in [2.75, 3.05) is 12.4 Å². The molecule has 3 N–H and O–H groups in total. The second-order valence-electron chi connectivity index (χ2n) is 4.15.